The zero-order valence-corrected chi connectivity index (χ0v) is 15.4. The van der Waals surface area contributed by atoms with Gasteiger partial charge in [-0.2, -0.15) is 0 Å². The van der Waals surface area contributed by atoms with Gasteiger partial charge in [0.15, 0.2) is 0 Å². The molecule has 28 heavy (non-hydrogen) atoms. The number of methoxy groups -OCH3 is 1. The van der Waals surface area contributed by atoms with Crippen LogP contribution in [0.2, 0.25) is 0 Å². The summed E-state index contributed by atoms with van der Waals surface area (Å²) in [6.07, 6.45) is -2.99. The first kappa shape index (κ1) is 20.1. The third-order valence-corrected chi connectivity index (χ3v) is 4.65. The van der Waals surface area contributed by atoms with E-state index in [0.717, 1.165) is 11.1 Å². The molecule has 1 saturated heterocycles. The summed E-state index contributed by atoms with van der Waals surface area (Å²) in [5, 5.41) is 29.4. The lowest BCUT2D eigenvalue weighted by Crippen LogP contribution is -2.44. The lowest BCUT2D eigenvalue weighted by molar-refractivity contribution is -0.179. The Morgan fingerprint density at radius 3 is 2.18 bits per heavy atom. The first-order valence-electron chi connectivity index (χ1n) is 8.94. The average Bonchev–Trinajstić information content (AvgIpc) is 2.74. The molecule has 0 bridgehead atoms. The van der Waals surface area contributed by atoms with Crippen molar-refractivity contribution in [3.63, 3.8) is 0 Å². The van der Waals surface area contributed by atoms with Gasteiger partial charge in [-0.05, 0) is 42.0 Å². The van der Waals surface area contributed by atoms with Gasteiger partial charge in [0.1, 0.15) is 12.2 Å². The molecule has 6 heteroatoms. The Morgan fingerprint density at radius 2 is 1.64 bits per heavy atom. The van der Waals surface area contributed by atoms with Crippen molar-refractivity contribution in [1.82, 2.24) is 0 Å². The zero-order valence-electron chi connectivity index (χ0n) is 15.4. The SMILES string of the molecule is COC(=O)c1ccc(C#Cc2ccc(C3OC(CO)CC(O)C3O)cc2)cc1. The van der Waals surface area contributed by atoms with Crippen molar-refractivity contribution < 1.29 is 29.6 Å². The maximum atomic E-state index is 11.4. The monoisotopic (exact) mass is 382 g/mol. The van der Waals surface area contributed by atoms with Crippen LogP contribution in [0.4, 0.5) is 0 Å². The van der Waals surface area contributed by atoms with Crippen LogP contribution in [0, 0.1) is 11.8 Å². The minimum atomic E-state index is -1.05. The molecule has 0 saturated carbocycles. The summed E-state index contributed by atoms with van der Waals surface area (Å²) in [6.45, 7) is -0.210. The van der Waals surface area contributed by atoms with Gasteiger partial charge < -0.3 is 24.8 Å². The van der Waals surface area contributed by atoms with E-state index >= 15 is 0 Å². The summed E-state index contributed by atoms with van der Waals surface area (Å²) >= 11 is 0. The van der Waals surface area contributed by atoms with Gasteiger partial charge in [0.2, 0.25) is 0 Å². The number of aliphatic hydroxyl groups excluding tert-OH is 3. The number of carbonyl (C=O) groups excluding carboxylic acids is 1. The van der Waals surface area contributed by atoms with Gasteiger partial charge in [-0.3, -0.25) is 0 Å². The van der Waals surface area contributed by atoms with Crippen molar-refractivity contribution in [1.29, 1.82) is 0 Å². The largest absolute Gasteiger partial charge is 0.465 e. The summed E-state index contributed by atoms with van der Waals surface area (Å²) in [7, 11) is 1.34. The van der Waals surface area contributed by atoms with Crippen molar-refractivity contribution in [2.24, 2.45) is 0 Å². The molecule has 1 heterocycles. The van der Waals surface area contributed by atoms with Crippen LogP contribution in [-0.4, -0.2) is 53.3 Å². The van der Waals surface area contributed by atoms with Gasteiger partial charge in [0.25, 0.3) is 0 Å². The molecule has 0 amide bonds. The summed E-state index contributed by atoms with van der Waals surface area (Å²) < 4.78 is 10.3. The summed E-state index contributed by atoms with van der Waals surface area (Å²) in [6, 6.07) is 14.0. The Kier molecular flexibility index (Phi) is 6.45. The predicted octanol–water partition coefficient (Wildman–Crippen LogP) is 1.42. The predicted molar refractivity (Wildman–Crippen MR) is 102 cm³/mol. The van der Waals surface area contributed by atoms with E-state index in [2.05, 4.69) is 16.6 Å². The molecule has 0 aromatic heterocycles. The van der Waals surface area contributed by atoms with Crippen LogP contribution in [0.1, 0.15) is 39.6 Å². The Hall–Kier alpha value is -2.69. The highest BCUT2D eigenvalue weighted by atomic mass is 16.5. The number of benzene rings is 2. The van der Waals surface area contributed by atoms with Gasteiger partial charge in [-0.25, -0.2) is 4.79 Å². The number of rotatable bonds is 3. The van der Waals surface area contributed by atoms with Gasteiger partial charge in [-0.15, -0.1) is 0 Å². The fourth-order valence-corrected chi connectivity index (χ4v) is 3.06. The molecule has 146 valence electrons. The van der Waals surface area contributed by atoms with Crippen LogP contribution >= 0.6 is 0 Å². The number of carbonyl (C=O) groups is 1. The highest BCUT2D eigenvalue weighted by Crippen LogP contribution is 2.32. The first-order chi connectivity index (χ1) is 13.5. The van der Waals surface area contributed by atoms with Crippen molar-refractivity contribution >= 4 is 5.97 Å². The molecule has 2 aromatic rings. The second-order valence-corrected chi connectivity index (χ2v) is 6.60. The molecule has 1 aliphatic rings. The highest BCUT2D eigenvalue weighted by Gasteiger charge is 2.37. The topological polar surface area (TPSA) is 96.2 Å². The molecular formula is C22H22O6. The van der Waals surface area contributed by atoms with E-state index in [1.165, 1.54) is 7.11 Å². The highest BCUT2D eigenvalue weighted by molar-refractivity contribution is 5.89. The number of esters is 1. The molecule has 3 N–H and O–H groups in total. The molecule has 4 atom stereocenters. The van der Waals surface area contributed by atoms with Gasteiger partial charge in [-0.1, -0.05) is 24.0 Å². The standard InChI is InChI=1S/C22H22O6/c1-27-22(26)17-10-6-15(7-11-17)3-2-14-4-8-16(9-5-14)21-20(25)19(24)12-18(13-23)28-21/h4-11,18-21,23-25H,12-13H2,1H3. The average molecular weight is 382 g/mol. The van der Waals surface area contributed by atoms with Crippen LogP contribution in [0.3, 0.4) is 0 Å². The van der Waals surface area contributed by atoms with Crippen molar-refractivity contribution in [2.75, 3.05) is 13.7 Å². The minimum Gasteiger partial charge on any atom is -0.465 e. The molecule has 0 radical (unpaired) electrons. The Bertz CT molecular complexity index is 863. The second kappa shape index (κ2) is 9.00. The lowest BCUT2D eigenvalue weighted by Gasteiger charge is -2.36. The van der Waals surface area contributed by atoms with Crippen LogP contribution in [-0.2, 0) is 9.47 Å². The lowest BCUT2D eigenvalue weighted by atomic mass is 9.93. The van der Waals surface area contributed by atoms with Crippen molar-refractivity contribution in [3.05, 3.63) is 70.8 Å². The van der Waals surface area contributed by atoms with E-state index in [0.29, 0.717) is 11.1 Å². The smallest absolute Gasteiger partial charge is 0.337 e. The molecule has 2 aromatic carbocycles. The quantitative estimate of drug-likeness (QED) is 0.549. The first-order valence-corrected chi connectivity index (χ1v) is 8.94. The number of aliphatic hydroxyl groups is 3. The summed E-state index contributed by atoms with van der Waals surface area (Å²) in [5.74, 6) is 5.66. The Labute approximate surface area is 163 Å². The number of hydrogen-bond acceptors (Lipinski definition) is 6. The molecule has 1 aliphatic heterocycles. The molecule has 4 unspecified atom stereocenters. The van der Waals surface area contributed by atoms with Crippen LogP contribution in [0.25, 0.3) is 0 Å². The molecule has 6 nitrogen and oxygen atoms in total. The minimum absolute atomic E-state index is 0.201. The molecular weight excluding hydrogens is 360 g/mol. The maximum absolute atomic E-state index is 11.4. The fourth-order valence-electron chi connectivity index (χ4n) is 3.06. The van der Waals surface area contributed by atoms with E-state index in [9.17, 15) is 20.1 Å². The molecule has 0 spiro atoms. The summed E-state index contributed by atoms with van der Waals surface area (Å²) in [4.78, 5) is 11.4. The van der Waals surface area contributed by atoms with E-state index in [1.54, 1.807) is 48.5 Å². The van der Waals surface area contributed by atoms with E-state index < -0.39 is 30.4 Å². The maximum Gasteiger partial charge on any atom is 0.337 e. The van der Waals surface area contributed by atoms with E-state index in [4.69, 9.17) is 4.74 Å². The zero-order chi connectivity index (χ0) is 20.1. The second-order valence-electron chi connectivity index (χ2n) is 6.60. The van der Waals surface area contributed by atoms with Crippen LogP contribution in [0.15, 0.2) is 48.5 Å². The van der Waals surface area contributed by atoms with E-state index in [-0.39, 0.29) is 13.0 Å². The molecule has 3 rings (SSSR count). The van der Waals surface area contributed by atoms with Crippen molar-refractivity contribution in [2.45, 2.75) is 30.8 Å². The number of ether oxygens (including phenoxy) is 2. The third-order valence-electron chi connectivity index (χ3n) is 4.65. The number of hydrogen-bond donors (Lipinski definition) is 3. The van der Waals surface area contributed by atoms with Crippen molar-refractivity contribution in [3.8, 4) is 11.8 Å². The summed E-state index contributed by atoms with van der Waals surface area (Å²) in [5.41, 5.74) is 2.70. The fraction of sp³-hybridized carbons (Fsp3) is 0.318. The van der Waals surface area contributed by atoms with Gasteiger partial charge in [0.05, 0.1) is 31.5 Å². The van der Waals surface area contributed by atoms with Crippen LogP contribution in [0.5, 0.6) is 0 Å². The van der Waals surface area contributed by atoms with Crippen LogP contribution < -0.4 is 0 Å². The molecule has 1 fully saturated rings. The Morgan fingerprint density at radius 1 is 1.07 bits per heavy atom. The third kappa shape index (κ3) is 4.58. The molecule has 0 aliphatic carbocycles. The van der Waals surface area contributed by atoms with Gasteiger partial charge in [0, 0.05) is 17.5 Å². The Balaban J connectivity index is 1.71. The van der Waals surface area contributed by atoms with Gasteiger partial charge >= 0.3 is 5.97 Å². The normalized spacial score (nSPS) is 24.1. The van der Waals surface area contributed by atoms with E-state index in [1.807, 2.05) is 0 Å².